The number of hydrogen-bond donors (Lipinski definition) is 1. The van der Waals surface area contributed by atoms with E-state index in [0.717, 1.165) is 22.6 Å². The number of amides is 1. The highest BCUT2D eigenvalue weighted by Gasteiger charge is 2.36. The third-order valence-electron chi connectivity index (χ3n) is 5.37. The number of fused-ring (bicyclic) bond motifs is 1. The molecule has 2 aliphatic heterocycles. The topological polar surface area (TPSA) is 96.6 Å². The fourth-order valence-electron chi connectivity index (χ4n) is 3.50. The summed E-state index contributed by atoms with van der Waals surface area (Å²) in [6.07, 6.45) is 4.25. The minimum absolute atomic E-state index is 0.0265. The number of carbonyl (C=O) groups excluding carboxylic acids is 1. The summed E-state index contributed by atoms with van der Waals surface area (Å²) in [6, 6.07) is 13.1. The lowest BCUT2D eigenvalue weighted by Gasteiger charge is -2.20. The number of hydrogen-bond acceptors (Lipinski definition) is 7. The van der Waals surface area contributed by atoms with Gasteiger partial charge in [-0.2, -0.15) is 15.1 Å². The van der Waals surface area contributed by atoms with E-state index in [1.807, 2.05) is 62.4 Å². The molecular weight excluding hydrogens is 476 g/mol. The van der Waals surface area contributed by atoms with Crippen LogP contribution in [0, 0.1) is 11.3 Å². The third kappa shape index (κ3) is 5.68. The number of nitrogens with zero attached hydrogens (tertiary/aromatic N) is 3. The Bertz CT molecular complexity index is 1270. The number of rotatable bonds is 10. The van der Waals surface area contributed by atoms with E-state index in [0.29, 0.717) is 35.6 Å². The van der Waals surface area contributed by atoms with Crippen molar-refractivity contribution in [1.82, 2.24) is 5.01 Å². The third-order valence-corrected chi connectivity index (χ3v) is 6.58. The van der Waals surface area contributed by atoms with Crippen LogP contribution in [0.2, 0.25) is 0 Å². The van der Waals surface area contributed by atoms with Crippen molar-refractivity contribution < 1.29 is 19.0 Å². The van der Waals surface area contributed by atoms with E-state index in [1.165, 1.54) is 16.8 Å². The Labute approximate surface area is 214 Å². The number of hydrazone groups is 1. The van der Waals surface area contributed by atoms with E-state index in [9.17, 15) is 4.79 Å². The van der Waals surface area contributed by atoms with Crippen molar-refractivity contribution in [2.24, 2.45) is 16.0 Å². The zero-order valence-electron chi connectivity index (χ0n) is 20.5. The summed E-state index contributed by atoms with van der Waals surface area (Å²) in [5, 5.41) is 15.6. The molecule has 0 aliphatic carbocycles. The number of thioether (sulfide) groups is 1. The maximum Gasteiger partial charge on any atom is 0.283 e. The van der Waals surface area contributed by atoms with Crippen LogP contribution < -0.4 is 14.2 Å². The number of amidine groups is 2. The molecule has 0 saturated heterocycles. The molecular formula is C27H28N4O4S. The molecule has 0 fully saturated rings. The minimum atomic E-state index is -0.440. The lowest BCUT2D eigenvalue weighted by molar-refractivity contribution is -0.114. The van der Waals surface area contributed by atoms with Crippen molar-refractivity contribution in [1.29, 1.82) is 5.41 Å². The van der Waals surface area contributed by atoms with Gasteiger partial charge in [-0.05, 0) is 59.7 Å². The molecule has 0 bridgehead atoms. The average molecular weight is 505 g/mol. The monoisotopic (exact) mass is 504 g/mol. The number of carbonyl (C=O) groups is 1. The lowest BCUT2D eigenvalue weighted by atomic mass is 10.1. The summed E-state index contributed by atoms with van der Waals surface area (Å²) in [7, 11) is 1.61. The molecule has 1 amide bonds. The molecule has 0 unspecified atom stereocenters. The Balaban J connectivity index is 1.34. The van der Waals surface area contributed by atoms with Crippen molar-refractivity contribution in [3.8, 4) is 17.2 Å². The maximum absolute atomic E-state index is 12.5. The van der Waals surface area contributed by atoms with Crippen molar-refractivity contribution in [2.45, 2.75) is 20.3 Å². The van der Waals surface area contributed by atoms with Gasteiger partial charge in [0.05, 0.1) is 12.7 Å². The van der Waals surface area contributed by atoms with Crippen molar-refractivity contribution in [2.75, 3.05) is 20.3 Å². The molecule has 0 atom stereocenters. The van der Waals surface area contributed by atoms with Crippen LogP contribution in [0.1, 0.15) is 25.0 Å². The van der Waals surface area contributed by atoms with Crippen molar-refractivity contribution in [3.63, 3.8) is 0 Å². The van der Waals surface area contributed by atoms with Gasteiger partial charge in [-0.3, -0.25) is 10.2 Å². The largest absolute Gasteiger partial charge is 0.493 e. The lowest BCUT2D eigenvalue weighted by Crippen LogP contribution is -2.35. The average Bonchev–Trinajstić information content (AvgIpc) is 3.30. The van der Waals surface area contributed by atoms with Crippen LogP contribution in [0.25, 0.3) is 6.08 Å². The minimum Gasteiger partial charge on any atom is -0.493 e. The number of nitrogens with one attached hydrogen (secondary N) is 1. The van der Waals surface area contributed by atoms with Gasteiger partial charge >= 0.3 is 0 Å². The van der Waals surface area contributed by atoms with Crippen LogP contribution in [0.4, 0.5) is 0 Å². The van der Waals surface area contributed by atoms with Crippen LogP contribution in [-0.4, -0.2) is 47.3 Å². The fraction of sp³-hybridized carbons (Fsp3) is 0.259. The highest BCUT2D eigenvalue weighted by atomic mass is 32.2. The van der Waals surface area contributed by atoms with Gasteiger partial charge in [-0.25, -0.2) is 0 Å². The van der Waals surface area contributed by atoms with Crippen molar-refractivity contribution in [3.05, 3.63) is 71.8 Å². The number of methoxy groups -OCH3 is 1. The Hall–Kier alpha value is -3.85. The summed E-state index contributed by atoms with van der Waals surface area (Å²) < 4.78 is 17.0. The molecule has 2 aliphatic rings. The molecule has 0 aromatic heterocycles. The second kappa shape index (κ2) is 11.3. The molecule has 186 valence electrons. The Morgan fingerprint density at radius 3 is 2.56 bits per heavy atom. The molecule has 0 saturated carbocycles. The predicted molar refractivity (Wildman–Crippen MR) is 144 cm³/mol. The summed E-state index contributed by atoms with van der Waals surface area (Å²) >= 11 is 1.33. The number of aliphatic imine (C=N–C) groups is 1. The van der Waals surface area contributed by atoms with Crippen LogP contribution in [0.15, 0.2) is 70.8 Å². The Kier molecular flexibility index (Phi) is 7.90. The molecule has 2 heterocycles. The summed E-state index contributed by atoms with van der Waals surface area (Å²) in [5.41, 5.74) is 2.06. The standard InChI is InChI=1S/C27H28N4O4S/c1-5-6-18-9-12-22(23(16-18)33-4)35-14-13-34-20-10-7-19(8-11-20)15-21-24(28)31-27(29-25(21)32)36-26(30-31)17(2)3/h5,7-12,15-17,28H,1,6,13-14H2,2-4H3/b21-15-,28-24?. The normalized spacial score (nSPS) is 16.1. The van der Waals surface area contributed by atoms with Crippen LogP contribution in [0.3, 0.4) is 0 Å². The summed E-state index contributed by atoms with van der Waals surface area (Å²) in [5.74, 6) is 1.78. The first-order valence-electron chi connectivity index (χ1n) is 11.5. The van der Waals surface area contributed by atoms with E-state index in [4.69, 9.17) is 19.6 Å². The highest BCUT2D eigenvalue weighted by Crippen LogP contribution is 2.31. The highest BCUT2D eigenvalue weighted by molar-refractivity contribution is 8.27. The zero-order chi connectivity index (χ0) is 25.7. The van der Waals surface area contributed by atoms with Crippen LogP contribution in [0.5, 0.6) is 17.2 Å². The van der Waals surface area contributed by atoms with E-state index < -0.39 is 5.91 Å². The molecule has 2 aromatic rings. The van der Waals surface area contributed by atoms with E-state index >= 15 is 0 Å². The molecule has 2 aromatic carbocycles. The van der Waals surface area contributed by atoms with Gasteiger partial charge < -0.3 is 14.2 Å². The molecule has 4 rings (SSSR count). The van der Waals surface area contributed by atoms with Crippen LogP contribution in [-0.2, 0) is 11.2 Å². The fourth-order valence-corrected chi connectivity index (χ4v) is 4.40. The number of benzene rings is 2. The molecule has 0 spiro atoms. The second-order valence-electron chi connectivity index (χ2n) is 8.36. The maximum atomic E-state index is 12.5. The first-order valence-corrected chi connectivity index (χ1v) is 12.3. The molecule has 0 radical (unpaired) electrons. The number of allylic oxidation sites excluding steroid dienone is 1. The number of ether oxygens (including phenoxy) is 3. The van der Waals surface area contributed by atoms with Crippen molar-refractivity contribution >= 4 is 39.8 Å². The van der Waals surface area contributed by atoms with E-state index in [-0.39, 0.29) is 17.3 Å². The van der Waals surface area contributed by atoms with Gasteiger partial charge in [0, 0.05) is 5.92 Å². The predicted octanol–water partition coefficient (Wildman–Crippen LogP) is 5.16. The Morgan fingerprint density at radius 2 is 1.86 bits per heavy atom. The summed E-state index contributed by atoms with van der Waals surface area (Å²) in [4.78, 5) is 16.7. The first kappa shape index (κ1) is 25.2. The van der Waals surface area contributed by atoms with Gasteiger partial charge in [0.15, 0.2) is 17.3 Å². The van der Waals surface area contributed by atoms with Gasteiger partial charge in [0.2, 0.25) is 5.17 Å². The van der Waals surface area contributed by atoms with E-state index in [1.54, 1.807) is 13.2 Å². The van der Waals surface area contributed by atoms with Crippen LogP contribution >= 0.6 is 11.8 Å². The molecule has 9 heteroatoms. The SMILES string of the molecule is C=CCc1ccc(OCCOc2ccc(/C=C3/C(=N)N4N=C(C(C)C)SC4=NC3=O)cc2)c(OC)c1. The van der Waals surface area contributed by atoms with Gasteiger partial charge in [-0.1, -0.05) is 38.1 Å². The van der Waals surface area contributed by atoms with E-state index in [2.05, 4.69) is 16.7 Å². The summed E-state index contributed by atoms with van der Waals surface area (Å²) in [6.45, 7) is 8.48. The van der Waals surface area contributed by atoms with Gasteiger partial charge in [-0.15, -0.1) is 6.58 Å². The van der Waals surface area contributed by atoms with Gasteiger partial charge in [0.25, 0.3) is 5.91 Å². The second-order valence-corrected chi connectivity index (χ2v) is 9.34. The molecule has 1 N–H and O–H groups in total. The quantitative estimate of drug-likeness (QED) is 0.273. The van der Waals surface area contributed by atoms with Gasteiger partial charge in [0.1, 0.15) is 24.0 Å². The first-order chi connectivity index (χ1) is 17.4. The molecule has 36 heavy (non-hydrogen) atoms. The Morgan fingerprint density at radius 1 is 1.11 bits per heavy atom. The molecule has 8 nitrogen and oxygen atoms in total. The smallest absolute Gasteiger partial charge is 0.283 e. The zero-order valence-corrected chi connectivity index (χ0v) is 21.3.